The Morgan fingerprint density at radius 1 is 0.857 bits per heavy atom. The van der Waals surface area contributed by atoms with Gasteiger partial charge in [-0.25, -0.2) is 4.79 Å². The van der Waals surface area contributed by atoms with Crippen LogP contribution in [0.1, 0.15) is 100 Å². The summed E-state index contributed by atoms with van der Waals surface area (Å²) in [5.41, 5.74) is 4.06. The standard InChI is InChI=1S/C26H48N4O5/c1-9-26(7,8)19(31)14-10-11-15-20(32)30-21(17(2)3)23(34)29-18(22(33)25(4,5)6)13-12-16-28-24(27)35/h17-18,21H,9-16H2,1-8H3,(H,29,34)(H,30,32)(H3,27,28,35)/t18-,21-/m0/s1. The first kappa shape index (κ1) is 32.5. The van der Waals surface area contributed by atoms with Crippen molar-refractivity contribution < 1.29 is 24.0 Å². The summed E-state index contributed by atoms with van der Waals surface area (Å²) in [5, 5.41) is 8.08. The van der Waals surface area contributed by atoms with Crippen LogP contribution in [-0.2, 0) is 19.2 Å². The summed E-state index contributed by atoms with van der Waals surface area (Å²) in [6, 6.07) is -2.18. The van der Waals surface area contributed by atoms with Gasteiger partial charge in [-0.3, -0.25) is 19.2 Å². The van der Waals surface area contributed by atoms with Gasteiger partial charge >= 0.3 is 6.03 Å². The maximum atomic E-state index is 13.1. The molecule has 2 atom stereocenters. The van der Waals surface area contributed by atoms with Crippen LogP contribution in [-0.4, -0.2) is 48.0 Å². The molecule has 4 amide bonds. The summed E-state index contributed by atoms with van der Waals surface area (Å²) >= 11 is 0. The molecule has 9 nitrogen and oxygen atoms in total. The third-order valence-electron chi connectivity index (χ3n) is 6.30. The molecule has 0 aliphatic carbocycles. The van der Waals surface area contributed by atoms with Gasteiger partial charge in [0.05, 0.1) is 6.04 Å². The van der Waals surface area contributed by atoms with Crippen LogP contribution in [0.3, 0.4) is 0 Å². The fourth-order valence-electron chi connectivity index (χ4n) is 3.46. The normalized spacial score (nSPS) is 13.6. The zero-order valence-electron chi connectivity index (χ0n) is 23.0. The Kier molecular flexibility index (Phi) is 13.8. The predicted molar refractivity (Wildman–Crippen MR) is 138 cm³/mol. The lowest BCUT2D eigenvalue weighted by molar-refractivity contribution is -0.135. The van der Waals surface area contributed by atoms with Crippen molar-refractivity contribution in [2.24, 2.45) is 22.5 Å². The van der Waals surface area contributed by atoms with E-state index < -0.39 is 29.4 Å². The zero-order valence-corrected chi connectivity index (χ0v) is 23.0. The van der Waals surface area contributed by atoms with E-state index in [0.717, 1.165) is 6.42 Å². The van der Waals surface area contributed by atoms with E-state index in [2.05, 4.69) is 16.0 Å². The first-order valence-electron chi connectivity index (χ1n) is 12.7. The van der Waals surface area contributed by atoms with Crippen LogP contribution in [0.5, 0.6) is 0 Å². The van der Waals surface area contributed by atoms with Gasteiger partial charge in [0, 0.05) is 30.2 Å². The molecule has 0 heterocycles. The van der Waals surface area contributed by atoms with E-state index in [-0.39, 0.29) is 35.2 Å². The minimum atomic E-state index is -0.790. The number of rotatable bonds is 16. The Morgan fingerprint density at radius 3 is 1.91 bits per heavy atom. The molecule has 35 heavy (non-hydrogen) atoms. The fourth-order valence-corrected chi connectivity index (χ4v) is 3.46. The lowest BCUT2D eigenvalue weighted by Gasteiger charge is -2.29. The molecular weight excluding hydrogens is 448 g/mol. The Hall–Kier alpha value is -2.45. The van der Waals surface area contributed by atoms with E-state index in [0.29, 0.717) is 38.6 Å². The monoisotopic (exact) mass is 496 g/mol. The van der Waals surface area contributed by atoms with E-state index in [1.807, 2.05) is 34.6 Å². The number of carbonyl (C=O) groups excluding carboxylic acids is 5. The van der Waals surface area contributed by atoms with Crippen molar-refractivity contribution in [1.29, 1.82) is 0 Å². The molecule has 0 aromatic rings. The van der Waals surface area contributed by atoms with Crippen molar-refractivity contribution in [3.63, 3.8) is 0 Å². The Balaban J connectivity index is 5.00. The van der Waals surface area contributed by atoms with Crippen LogP contribution in [0.2, 0.25) is 0 Å². The molecular formula is C26H48N4O5. The van der Waals surface area contributed by atoms with Gasteiger partial charge < -0.3 is 21.7 Å². The number of urea groups is 1. The Morgan fingerprint density at radius 2 is 1.43 bits per heavy atom. The maximum absolute atomic E-state index is 13.1. The number of hydrogen-bond acceptors (Lipinski definition) is 5. The van der Waals surface area contributed by atoms with Crippen molar-refractivity contribution in [2.75, 3.05) is 6.54 Å². The number of unbranched alkanes of at least 4 members (excludes halogenated alkanes) is 1. The van der Waals surface area contributed by atoms with Gasteiger partial charge in [-0.15, -0.1) is 0 Å². The van der Waals surface area contributed by atoms with Crippen molar-refractivity contribution >= 4 is 29.4 Å². The number of nitrogens with two attached hydrogens (primary N) is 1. The Bertz CT molecular complexity index is 741. The molecule has 0 aliphatic rings. The largest absolute Gasteiger partial charge is 0.352 e. The Labute approximate surface area is 211 Å². The van der Waals surface area contributed by atoms with E-state index in [1.165, 1.54) is 0 Å². The number of primary amides is 1. The van der Waals surface area contributed by atoms with Crippen molar-refractivity contribution in [3.8, 4) is 0 Å². The number of carbonyl (C=O) groups is 5. The minimum Gasteiger partial charge on any atom is -0.352 e. The highest BCUT2D eigenvalue weighted by Crippen LogP contribution is 2.24. The second-order valence-corrected chi connectivity index (χ2v) is 11.3. The topological polar surface area (TPSA) is 147 Å². The van der Waals surface area contributed by atoms with Gasteiger partial charge in [-0.05, 0) is 38.0 Å². The maximum Gasteiger partial charge on any atom is 0.312 e. The van der Waals surface area contributed by atoms with E-state index >= 15 is 0 Å². The van der Waals surface area contributed by atoms with Crippen LogP contribution < -0.4 is 21.7 Å². The molecule has 0 radical (unpaired) electrons. The smallest absolute Gasteiger partial charge is 0.312 e. The molecule has 0 unspecified atom stereocenters. The summed E-state index contributed by atoms with van der Waals surface area (Å²) in [7, 11) is 0. The van der Waals surface area contributed by atoms with E-state index in [4.69, 9.17) is 5.73 Å². The third kappa shape index (κ3) is 12.7. The SMILES string of the molecule is CCC(C)(C)C(=O)CCCCC(=O)N[C@H](C(=O)N[C@@H](CCCNC(N)=O)C(=O)C(C)(C)C)C(C)C. The average Bonchev–Trinajstić information content (AvgIpc) is 2.75. The van der Waals surface area contributed by atoms with Crippen LogP contribution in [0.4, 0.5) is 4.79 Å². The summed E-state index contributed by atoms with van der Waals surface area (Å²) in [6.45, 7) is 15.1. The van der Waals surface area contributed by atoms with Crippen molar-refractivity contribution in [3.05, 3.63) is 0 Å². The average molecular weight is 497 g/mol. The van der Waals surface area contributed by atoms with Gasteiger partial charge in [0.2, 0.25) is 11.8 Å². The molecule has 0 aliphatic heterocycles. The highest BCUT2D eigenvalue weighted by Gasteiger charge is 2.33. The number of amides is 4. The summed E-state index contributed by atoms with van der Waals surface area (Å²) in [4.78, 5) is 61.6. The summed E-state index contributed by atoms with van der Waals surface area (Å²) in [6.07, 6.45) is 3.41. The molecule has 202 valence electrons. The fraction of sp³-hybridized carbons (Fsp3) is 0.808. The molecule has 0 spiro atoms. The third-order valence-corrected chi connectivity index (χ3v) is 6.30. The van der Waals surface area contributed by atoms with Crippen molar-refractivity contribution in [2.45, 2.75) is 112 Å². The molecule has 9 heteroatoms. The predicted octanol–water partition coefficient (Wildman–Crippen LogP) is 3.24. The summed E-state index contributed by atoms with van der Waals surface area (Å²) < 4.78 is 0. The highest BCUT2D eigenvalue weighted by atomic mass is 16.2. The molecule has 0 saturated carbocycles. The molecule has 0 bridgehead atoms. The van der Waals surface area contributed by atoms with Crippen LogP contribution in [0.15, 0.2) is 0 Å². The van der Waals surface area contributed by atoms with Gasteiger partial charge in [-0.1, -0.05) is 55.4 Å². The number of hydrogen-bond donors (Lipinski definition) is 4. The molecule has 0 aromatic carbocycles. The first-order valence-corrected chi connectivity index (χ1v) is 12.7. The second-order valence-electron chi connectivity index (χ2n) is 11.3. The van der Waals surface area contributed by atoms with Gasteiger partial charge in [-0.2, -0.15) is 0 Å². The lowest BCUT2D eigenvalue weighted by Crippen LogP contribution is -2.55. The molecule has 0 rings (SSSR count). The number of Topliss-reactive ketones (excluding diaryl/α,β-unsaturated/α-hetero) is 2. The number of nitrogens with one attached hydrogen (secondary N) is 3. The molecule has 0 fully saturated rings. The number of ketones is 2. The molecule has 0 saturated heterocycles. The highest BCUT2D eigenvalue weighted by molar-refractivity contribution is 5.95. The van der Waals surface area contributed by atoms with Crippen LogP contribution in [0, 0.1) is 16.7 Å². The van der Waals surface area contributed by atoms with Crippen molar-refractivity contribution in [1.82, 2.24) is 16.0 Å². The van der Waals surface area contributed by atoms with Gasteiger partial charge in [0.15, 0.2) is 5.78 Å². The van der Waals surface area contributed by atoms with E-state index in [1.54, 1.807) is 20.8 Å². The molecule has 0 aromatic heterocycles. The summed E-state index contributed by atoms with van der Waals surface area (Å²) in [5.74, 6) is -0.796. The van der Waals surface area contributed by atoms with Gasteiger partial charge in [0.1, 0.15) is 11.8 Å². The second kappa shape index (κ2) is 14.8. The lowest BCUT2D eigenvalue weighted by atomic mass is 9.83. The zero-order chi connectivity index (χ0) is 27.4. The molecule has 5 N–H and O–H groups in total. The quantitative estimate of drug-likeness (QED) is 0.242. The minimum absolute atomic E-state index is 0.126. The van der Waals surface area contributed by atoms with E-state index in [9.17, 15) is 24.0 Å². The van der Waals surface area contributed by atoms with Gasteiger partial charge in [0.25, 0.3) is 0 Å². The van der Waals surface area contributed by atoms with Crippen LogP contribution >= 0.6 is 0 Å². The van der Waals surface area contributed by atoms with Crippen LogP contribution in [0.25, 0.3) is 0 Å². The first-order chi connectivity index (χ1) is 16.0.